The summed E-state index contributed by atoms with van der Waals surface area (Å²) in [6, 6.07) is -0.473. The maximum atomic E-state index is 11.7. The van der Waals surface area contributed by atoms with Gasteiger partial charge in [-0.15, -0.1) is 0 Å². The van der Waals surface area contributed by atoms with E-state index in [1.54, 1.807) is 11.8 Å². The van der Waals surface area contributed by atoms with E-state index in [2.05, 4.69) is 17.6 Å². The van der Waals surface area contributed by atoms with Crippen LogP contribution in [0.15, 0.2) is 0 Å². The van der Waals surface area contributed by atoms with Crippen molar-refractivity contribution in [2.24, 2.45) is 11.8 Å². The number of carbonyl (C=O) groups is 2. The minimum Gasteiger partial charge on any atom is -0.481 e. The van der Waals surface area contributed by atoms with Gasteiger partial charge in [-0.25, -0.2) is 4.79 Å². The summed E-state index contributed by atoms with van der Waals surface area (Å²) < 4.78 is 0. The number of carboxylic acid groups (broad SMARTS) is 1. The molecule has 0 radical (unpaired) electrons. The van der Waals surface area contributed by atoms with E-state index in [-0.39, 0.29) is 18.5 Å². The van der Waals surface area contributed by atoms with Crippen molar-refractivity contribution in [3.05, 3.63) is 0 Å². The van der Waals surface area contributed by atoms with Gasteiger partial charge in [0.1, 0.15) is 0 Å². The van der Waals surface area contributed by atoms with Crippen molar-refractivity contribution < 1.29 is 14.7 Å². The average molecular weight is 274 g/mol. The maximum absolute atomic E-state index is 11.7. The van der Waals surface area contributed by atoms with Crippen molar-refractivity contribution in [3.63, 3.8) is 0 Å². The van der Waals surface area contributed by atoms with Crippen LogP contribution >= 0.6 is 11.8 Å². The molecule has 2 amide bonds. The van der Waals surface area contributed by atoms with Crippen LogP contribution in [0.2, 0.25) is 0 Å². The third-order valence-electron chi connectivity index (χ3n) is 2.96. The molecule has 0 aromatic rings. The van der Waals surface area contributed by atoms with Crippen LogP contribution in [0, 0.1) is 11.8 Å². The summed E-state index contributed by atoms with van der Waals surface area (Å²) in [4.78, 5) is 22.4. The molecule has 1 aliphatic rings. The molecule has 0 aliphatic heterocycles. The largest absolute Gasteiger partial charge is 0.481 e. The fraction of sp³-hybridized carbons (Fsp3) is 0.833. The highest BCUT2D eigenvalue weighted by Gasteiger charge is 2.33. The molecule has 18 heavy (non-hydrogen) atoms. The Kier molecular flexibility index (Phi) is 6.32. The number of amides is 2. The van der Waals surface area contributed by atoms with Gasteiger partial charge in [-0.05, 0) is 36.7 Å². The third-order valence-corrected chi connectivity index (χ3v) is 3.87. The molecular weight excluding hydrogens is 252 g/mol. The van der Waals surface area contributed by atoms with E-state index >= 15 is 0 Å². The van der Waals surface area contributed by atoms with Gasteiger partial charge in [-0.2, -0.15) is 11.8 Å². The van der Waals surface area contributed by atoms with E-state index in [1.807, 2.05) is 6.26 Å². The summed E-state index contributed by atoms with van der Waals surface area (Å²) in [6.45, 7) is 2.70. The number of aliphatic carboxylic acids is 1. The lowest BCUT2D eigenvalue weighted by atomic mass is 10.1. The second-order valence-electron chi connectivity index (χ2n) is 4.96. The Hall–Kier alpha value is -0.910. The highest BCUT2D eigenvalue weighted by Crippen LogP contribution is 2.33. The molecule has 0 saturated heterocycles. The van der Waals surface area contributed by atoms with Crippen molar-refractivity contribution in [3.8, 4) is 0 Å². The van der Waals surface area contributed by atoms with E-state index in [1.165, 1.54) is 0 Å². The maximum Gasteiger partial charge on any atom is 0.315 e. The van der Waals surface area contributed by atoms with Crippen LogP contribution in [-0.4, -0.2) is 41.7 Å². The van der Waals surface area contributed by atoms with Gasteiger partial charge in [0.15, 0.2) is 0 Å². The molecule has 6 heteroatoms. The topological polar surface area (TPSA) is 78.4 Å². The third kappa shape index (κ3) is 6.14. The number of urea groups is 1. The number of carbonyl (C=O) groups excluding carboxylic acids is 1. The van der Waals surface area contributed by atoms with Crippen molar-refractivity contribution in [2.75, 3.05) is 18.6 Å². The Labute approximate surface area is 112 Å². The van der Waals surface area contributed by atoms with Crippen LogP contribution in [0.25, 0.3) is 0 Å². The van der Waals surface area contributed by atoms with Crippen LogP contribution in [0.5, 0.6) is 0 Å². The Morgan fingerprint density at radius 3 is 2.61 bits per heavy atom. The molecule has 1 aliphatic carbocycles. The van der Waals surface area contributed by atoms with E-state index in [0.717, 1.165) is 18.6 Å². The molecule has 1 fully saturated rings. The highest BCUT2D eigenvalue weighted by molar-refractivity contribution is 7.98. The number of hydrogen-bond acceptors (Lipinski definition) is 3. The SMILES string of the molecule is CSCC(C)CNC(=O)NC(CC(=O)O)C1CC1. The Morgan fingerprint density at radius 1 is 1.44 bits per heavy atom. The lowest BCUT2D eigenvalue weighted by molar-refractivity contribution is -0.137. The van der Waals surface area contributed by atoms with Crippen LogP contribution in [-0.2, 0) is 4.79 Å². The summed E-state index contributed by atoms with van der Waals surface area (Å²) in [6.07, 6.45) is 4.08. The minimum absolute atomic E-state index is 0.0124. The van der Waals surface area contributed by atoms with E-state index in [0.29, 0.717) is 18.4 Å². The van der Waals surface area contributed by atoms with Crippen molar-refractivity contribution >= 4 is 23.8 Å². The second kappa shape index (κ2) is 7.51. The first-order chi connectivity index (χ1) is 8.52. The van der Waals surface area contributed by atoms with Gasteiger partial charge in [0.25, 0.3) is 0 Å². The van der Waals surface area contributed by atoms with Gasteiger partial charge < -0.3 is 15.7 Å². The van der Waals surface area contributed by atoms with Gasteiger partial charge in [-0.3, -0.25) is 4.79 Å². The average Bonchev–Trinajstić information content (AvgIpc) is 3.09. The summed E-state index contributed by atoms with van der Waals surface area (Å²) in [7, 11) is 0. The summed E-state index contributed by atoms with van der Waals surface area (Å²) in [5, 5.41) is 14.4. The summed E-state index contributed by atoms with van der Waals surface area (Å²) in [5.74, 6) is 0.907. The lowest BCUT2D eigenvalue weighted by Crippen LogP contribution is -2.45. The number of nitrogens with one attached hydrogen (secondary N) is 2. The molecule has 1 saturated carbocycles. The fourth-order valence-electron chi connectivity index (χ4n) is 1.85. The zero-order valence-electron chi connectivity index (χ0n) is 10.9. The summed E-state index contributed by atoms with van der Waals surface area (Å²) in [5.41, 5.74) is 0. The monoisotopic (exact) mass is 274 g/mol. The molecule has 1 rings (SSSR count). The van der Waals surface area contributed by atoms with E-state index in [4.69, 9.17) is 5.11 Å². The smallest absolute Gasteiger partial charge is 0.315 e. The first-order valence-electron chi connectivity index (χ1n) is 6.28. The molecule has 3 N–H and O–H groups in total. The fourth-order valence-corrected chi connectivity index (χ4v) is 2.54. The first-order valence-corrected chi connectivity index (χ1v) is 7.67. The molecule has 2 unspecified atom stereocenters. The quantitative estimate of drug-likeness (QED) is 0.627. The van der Waals surface area contributed by atoms with Gasteiger partial charge in [0.2, 0.25) is 0 Å². The lowest BCUT2D eigenvalue weighted by Gasteiger charge is -2.18. The minimum atomic E-state index is -0.858. The van der Waals surface area contributed by atoms with Gasteiger partial charge in [0, 0.05) is 12.6 Å². The zero-order valence-corrected chi connectivity index (χ0v) is 11.8. The predicted molar refractivity (Wildman–Crippen MR) is 72.8 cm³/mol. The number of carboxylic acids is 1. The Balaban J connectivity index is 2.26. The number of thioether (sulfide) groups is 1. The molecular formula is C12H22N2O3S. The second-order valence-corrected chi connectivity index (χ2v) is 5.87. The molecule has 0 spiro atoms. The normalized spacial score (nSPS) is 17.9. The molecule has 0 aromatic carbocycles. The predicted octanol–water partition coefficient (Wildman–Crippen LogP) is 1.54. The molecule has 5 nitrogen and oxygen atoms in total. The number of hydrogen-bond donors (Lipinski definition) is 3. The first kappa shape index (κ1) is 15.1. The Bertz CT molecular complexity index is 295. The highest BCUT2D eigenvalue weighted by atomic mass is 32.2. The number of rotatable bonds is 8. The van der Waals surface area contributed by atoms with Gasteiger partial charge in [0.05, 0.1) is 6.42 Å². The van der Waals surface area contributed by atoms with Crippen molar-refractivity contribution in [2.45, 2.75) is 32.2 Å². The van der Waals surface area contributed by atoms with Crippen LogP contribution in [0.1, 0.15) is 26.2 Å². The van der Waals surface area contributed by atoms with Gasteiger partial charge in [-0.1, -0.05) is 6.92 Å². The summed E-state index contributed by atoms with van der Waals surface area (Å²) >= 11 is 1.75. The van der Waals surface area contributed by atoms with Gasteiger partial charge >= 0.3 is 12.0 Å². The Morgan fingerprint density at radius 2 is 2.11 bits per heavy atom. The van der Waals surface area contributed by atoms with Crippen LogP contribution in [0.3, 0.4) is 0 Å². The molecule has 0 heterocycles. The van der Waals surface area contributed by atoms with E-state index in [9.17, 15) is 9.59 Å². The molecule has 0 aromatic heterocycles. The van der Waals surface area contributed by atoms with Crippen molar-refractivity contribution in [1.29, 1.82) is 0 Å². The molecule has 104 valence electrons. The standard InChI is InChI=1S/C12H22N2O3S/c1-8(7-18-2)6-13-12(17)14-10(5-11(15)16)9-3-4-9/h8-10H,3-7H2,1-2H3,(H,15,16)(H2,13,14,17). The van der Waals surface area contributed by atoms with Crippen LogP contribution < -0.4 is 10.6 Å². The van der Waals surface area contributed by atoms with Crippen molar-refractivity contribution in [1.82, 2.24) is 10.6 Å². The molecule has 2 atom stereocenters. The zero-order chi connectivity index (χ0) is 13.5. The van der Waals surface area contributed by atoms with Crippen LogP contribution in [0.4, 0.5) is 4.79 Å². The molecule has 0 bridgehead atoms. The van der Waals surface area contributed by atoms with E-state index < -0.39 is 5.97 Å².